The van der Waals surface area contributed by atoms with E-state index in [0.29, 0.717) is 12.2 Å². The Morgan fingerprint density at radius 1 is 1.38 bits per heavy atom. The Balaban J connectivity index is 1.95. The average molecular weight is 294 g/mol. The third-order valence-electron chi connectivity index (χ3n) is 4.08. The molecule has 0 spiro atoms. The molecular weight excluding hydrogens is 273 g/mol. The van der Waals surface area contributed by atoms with Crippen molar-refractivity contribution < 1.29 is 18.9 Å². The van der Waals surface area contributed by atoms with Crippen molar-refractivity contribution in [1.29, 1.82) is 0 Å². The smallest absolute Gasteiger partial charge is 0.282 e. The Morgan fingerprint density at radius 3 is 2.67 bits per heavy atom. The van der Waals surface area contributed by atoms with E-state index in [4.69, 9.17) is 5.73 Å². The number of nitrogens with two attached hydrogens (primary N) is 1. The first-order valence-corrected chi connectivity index (χ1v) is 7.17. The first kappa shape index (κ1) is 15.4. The van der Waals surface area contributed by atoms with E-state index in [1.165, 1.54) is 24.3 Å². The van der Waals surface area contributed by atoms with Crippen molar-refractivity contribution in [2.45, 2.75) is 25.8 Å². The number of halogens is 1. The van der Waals surface area contributed by atoms with E-state index in [1.54, 1.807) is 0 Å². The van der Waals surface area contributed by atoms with Gasteiger partial charge in [0.25, 0.3) is 5.91 Å². The molecule has 0 aromatic heterocycles. The summed E-state index contributed by atoms with van der Waals surface area (Å²) < 4.78 is 12.8. The molecule has 6 heteroatoms. The fourth-order valence-electron chi connectivity index (χ4n) is 2.70. The highest BCUT2D eigenvalue weighted by molar-refractivity contribution is 5.93. The maximum Gasteiger partial charge on any atom is 0.282 e. The number of quaternary nitrogens is 1. The van der Waals surface area contributed by atoms with Gasteiger partial charge in [0.15, 0.2) is 6.04 Å². The van der Waals surface area contributed by atoms with Gasteiger partial charge in [0.1, 0.15) is 5.82 Å². The van der Waals surface area contributed by atoms with Gasteiger partial charge in [0.2, 0.25) is 5.91 Å². The number of anilines is 1. The summed E-state index contributed by atoms with van der Waals surface area (Å²) in [6.45, 7) is 3.27. The van der Waals surface area contributed by atoms with Crippen LogP contribution in [0.25, 0.3) is 0 Å². The molecule has 2 amide bonds. The predicted octanol–water partition coefficient (Wildman–Crippen LogP) is -0.0671. The number of carbonyl (C=O) groups is 2. The zero-order valence-electron chi connectivity index (χ0n) is 12.1. The van der Waals surface area contributed by atoms with Crippen LogP contribution < -0.4 is 16.0 Å². The third kappa shape index (κ3) is 4.01. The number of primary amides is 1. The van der Waals surface area contributed by atoms with Crippen molar-refractivity contribution in [2.75, 3.05) is 18.4 Å². The SMILES string of the molecule is C[C@H](C(=O)Nc1ccc(F)cc1)[NH+]1CCC[C@H](C(N)=O)C1. The van der Waals surface area contributed by atoms with Crippen molar-refractivity contribution >= 4 is 17.5 Å². The van der Waals surface area contributed by atoms with Gasteiger partial charge in [-0.1, -0.05) is 0 Å². The van der Waals surface area contributed by atoms with E-state index < -0.39 is 0 Å². The molecule has 0 bridgehead atoms. The van der Waals surface area contributed by atoms with Crippen molar-refractivity contribution in [3.8, 4) is 0 Å². The Labute approximate surface area is 123 Å². The summed E-state index contributed by atoms with van der Waals surface area (Å²) in [5.74, 6) is -0.929. The van der Waals surface area contributed by atoms with Crippen LogP contribution in [0.3, 0.4) is 0 Å². The monoisotopic (exact) mass is 294 g/mol. The van der Waals surface area contributed by atoms with Crippen LogP contribution in [0, 0.1) is 11.7 Å². The summed E-state index contributed by atoms with van der Waals surface area (Å²) in [5, 5.41) is 2.77. The Morgan fingerprint density at radius 2 is 2.05 bits per heavy atom. The number of rotatable bonds is 4. The van der Waals surface area contributed by atoms with Gasteiger partial charge in [-0.2, -0.15) is 0 Å². The molecule has 1 aliphatic rings. The molecule has 2 rings (SSSR count). The van der Waals surface area contributed by atoms with E-state index in [1.807, 2.05) is 6.92 Å². The molecule has 5 nitrogen and oxygen atoms in total. The van der Waals surface area contributed by atoms with Crippen molar-refractivity contribution in [3.63, 3.8) is 0 Å². The number of hydrogen-bond acceptors (Lipinski definition) is 2. The largest absolute Gasteiger partial charge is 0.369 e. The normalized spacial score (nSPS) is 23.3. The van der Waals surface area contributed by atoms with E-state index in [2.05, 4.69) is 5.32 Å². The van der Waals surface area contributed by atoms with Gasteiger partial charge >= 0.3 is 0 Å². The second kappa shape index (κ2) is 6.67. The van der Waals surface area contributed by atoms with Crippen LogP contribution in [0.2, 0.25) is 0 Å². The minimum Gasteiger partial charge on any atom is -0.369 e. The molecule has 1 aromatic rings. The molecule has 1 saturated heterocycles. The van der Waals surface area contributed by atoms with Crippen LogP contribution in [0.5, 0.6) is 0 Å². The Kier molecular flexibility index (Phi) is 4.90. The van der Waals surface area contributed by atoms with Gasteiger partial charge in [0, 0.05) is 5.69 Å². The Bertz CT molecular complexity index is 518. The van der Waals surface area contributed by atoms with Gasteiger partial charge in [-0.05, 0) is 44.0 Å². The lowest BCUT2D eigenvalue weighted by Crippen LogP contribution is -3.18. The number of piperidine rings is 1. The summed E-state index contributed by atoms with van der Waals surface area (Å²) in [4.78, 5) is 24.6. The first-order valence-electron chi connectivity index (χ1n) is 7.17. The lowest BCUT2D eigenvalue weighted by Gasteiger charge is -2.31. The number of amides is 2. The zero-order chi connectivity index (χ0) is 15.4. The van der Waals surface area contributed by atoms with Gasteiger partial charge < -0.3 is 16.0 Å². The van der Waals surface area contributed by atoms with Crippen LogP contribution in [0.4, 0.5) is 10.1 Å². The van der Waals surface area contributed by atoms with Crippen molar-refractivity contribution in [3.05, 3.63) is 30.1 Å². The third-order valence-corrected chi connectivity index (χ3v) is 4.08. The topological polar surface area (TPSA) is 76.6 Å². The van der Waals surface area contributed by atoms with Gasteiger partial charge in [-0.3, -0.25) is 9.59 Å². The van der Waals surface area contributed by atoms with Crippen LogP contribution in [-0.2, 0) is 9.59 Å². The molecule has 4 N–H and O–H groups in total. The molecule has 1 heterocycles. The summed E-state index contributed by atoms with van der Waals surface area (Å²) >= 11 is 0. The molecule has 0 radical (unpaired) electrons. The lowest BCUT2D eigenvalue weighted by molar-refractivity contribution is -0.921. The van der Waals surface area contributed by atoms with Crippen LogP contribution in [0.15, 0.2) is 24.3 Å². The predicted molar refractivity (Wildman–Crippen MR) is 77.1 cm³/mol. The molecule has 1 fully saturated rings. The highest BCUT2D eigenvalue weighted by Crippen LogP contribution is 2.09. The first-order chi connectivity index (χ1) is 9.97. The van der Waals surface area contributed by atoms with Crippen LogP contribution in [-0.4, -0.2) is 30.9 Å². The molecule has 3 atom stereocenters. The molecule has 1 aliphatic heterocycles. The van der Waals surface area contributed by atoms with Crippen molar-refractivity contribution in [2.24, 2.45) is 11.7 Å². The van der Waals surface area contributed by atoms with Gasteiger partial charge in [-0.15, -0.1) is 0 Å². The van der Waals surface area contributed by atoms with Gasteiger partial charge in [0.05, 0.1) is 19.0 Å². The van der Waals surface area contributed by atoms with E-state index in [9.17, 15) is 14.0 Å². The quantitative estimate of drug-likeness (QED) is 0.727. The second-order valence-electron chi connectivity index (χ2n) is 5.57. The van der Waals surface area contributed by atoms with Crippen LogP contribution in [0.1, 0.15) is 19.8 Å². The molecule has 1 aromatic carbocycles. The Hall–Kier alpha value is -1.95. The van der Waals surface area contributed by atoms with Gasteiger partial charge in [-0.25, -0.2) is 4.39 Å². The lowest BCUT2D eigenvalue weighted by atomic mass is 9.96. The summed E-state index contributed by atoms with van der Waals surface area (Å²) in [7, 11) is 0. The second-order valence-corrected chi connectivity index (χ2v) is 5.57. The molecule has 21 heavy (non-hydrogen) atoms. The van der Waals surface area contributed by atoms with Crippen LogP contribution >= 0.6 is 0 Å². The zero-order valence-corrected chi connectivity index (χ0v) is 12.1. The standard InChI is InChI=1S/C15H20FN3O2/c1-10(19-8-2-3-11(9-19)14(17)20)15(21)18-13-6-4-12(16)5-7-13/h4-7,10-11H,2-3,8-9H2,1H3,(H2,17,20)(H,18,21)/p+1/t10-,11+/m1/s1. The maximum absolute atomic E-state index is 12.8. The number of carbonyl (C=O) groups excluding carboxylic acids is 2. The molecular formula is C15H21FN3O2+. The maximum atomic E-state index is 12.8. The average Bonchev–Trinajstić information content (AvgIpc) is 2.49. The van der Waals surface area contributed by atoms with E-state index >= 15 is 0 Å². The summed E-state index contributed by atoms with van der Waals surface area (Å²) in [6, 6.07) is 5.38. The molecule has 0 aliphatic carbocycles. The summed E-state index contributed by atoms with van der Waals surface area (Å²) in [6.07, 6.45) is 1.68. The van der Waals surface area contributed by atoms with E-state index in [0.717, 1.165) is 24.3 Å². The number of benzene rings is 1. The molecule has 1 unspecified atom stereocenters. The van der Waals surface area contributed by atoms with E-state index in [-0.39, 0.29) is 29.6 Å². The fourth-order valence-corrected chi connectivity index (χ4v) is 2.70. The summed E-state index contributed by atoms with van der Waals surface area (Å²) in [5.41, 5.74) is 5.92. The molecule has 114 valence electrons. The highest BCUT2D eigenvalue weighted by atomic mass is 19.1. The minimum absolute atomic E-state index is 0.137. The minimum atomic E-state index is -0.341. The van der Waals surface area contributed by atoms with Crippen molar-refractivity contribution in [1.82, 2.24) is 0 Å². The highest BCUT2D eigenvalue weighted by Gasteiger charge is 2.33. The number of likely N-dealkylation sites (tertiary alicyclic amines) is 1. The number of nitrogens with one attached hydrogen (secondary N) is 2. The molecule has 0 saturated carbocycles. The number of hydrogen-bond donors (Lipinski definition) is 3. The fraction of sp³-hybridized carbons (Fsp3) is 0.467.